The van der Waals surface area contributed by atoms with Gasteiger partial charge >= 0.3 is 22.5 Å². The number of ether oxygens (including phenoxy) is 2. The number of aliphatic hydroxyl groups is 1. The number of aldehydes is 1. The van der Waals surface area contributed by atoms with E-state index in [-0.39, 0.29) is 6.61 Å². The molecule has 4 aromatic rings. The Morgan fingerprint density at radius 3 is 1.79 bits per heavy atom. The molecule has 8 nitrogen and oxygen atoms in total. The molecule has 0 amide bonds. The number of thiazole rings is 2. The van der Waals surface area contributed by atoms with Gasteiger partial charge in [0.2, 0.25) is 0 Å². The van der Waals surface area contributed by atoms with E-state index < -0.39 is 14.8 Å². The monoisotopic (exact) mass is 527 g/mol. The molecule has 2 heterocycles. The minimum absolute atomic E-state index is 0.0345. The first-order chi connectivity index (χ1) is 16.1. The van der Waals surface area contributed by atoms with E-state index in [9.17, 15) is 4.79 Å². The summed E-state index contributed by atoms with van der Waals surface area (Å²) in [5.74, 6) is 1.57. The summed E-state index contributed by atoms with van der Waals surface area (Å²) >= 11 is 1.39. The number of carbonyl (C=O) groups is 1. The van der Waals surface area contributed by atoms with Crippen LogP contribution in [-0.2, 0) is 29.1 Å². The van der Waals surface area contributed by atoms with E-state index in [1.54, 1.807) is 26.6 Å². The first kappa shape index (κ1) is 26.3. The summed E-state index contributed by atoms with van der Waals surface area (Å²) in [6, 6.07) is 15.3. The summed E-state index contributed by atoms with van der Waals surface area (Å²) < 4.78 is 27.3. The Kier molecular flexibility index (Phi) is 11.4. The summed E-state index contributed by atoms with van der Waals surface area (Å²) in [5.41, 5.74) is 1.88. The zero-order valence-corrected chi connectivity index (χ0v) is 20.4. The van der Waals surface area contributed by atoms with E-state index >= 15 is 0 Å². The van der Waals surface area contributed by atoms with Crippen molar-refractivity contribution in [3.05, 3.63) is 70.7 Å². The van der Waals surface area contributed by atoms with Crippen molar-refractivity contribution in [1.82, 2.24) is 9.97 Å². The Balaban J connectivity index is 0.000000209. The summed E-state index contributed by atoms with van der Waals surface area (Å²) in [4.78, 5) is 20.4. The molecule has 1 N–H and O–H groups in total. The van der Waals surface area contributed by atoms with Gasteiger partial charge in [0.1, 0.15) is 21.5 Å². The van der Waals surface area contributed by atoms with E-state index in [4.69, 9.17) is 22.2 Å². The Bertz CT molecular complexity index is 1200. The molecule has 0 aliphatic rings. The van der Waals surface area contributed by atoms with Gasteiger partial charge in [-0.1, -0.05) is 24.3 Å². The molecular formula is C22H20MnN2O6S2. The molecule has 0 unspecified atom stereocenters. The zero-order valence-electron chi connectivity index (χ0n) is 17.6. The van der Waals surface area contributed by atoms with Crippen molar-refractivity contribution in [2.45, 2.75) is 6.61 Å². The molecule has 2 aromatic heterocycles. The second-order valence-corrected chi connectivity index (χ2v) is 8.31. The Labute approximate surface area is 204 Å². The molecule has 0 fully saturated rings. The number of nitrogens with zero attached hydrogens (tertiary/aromatic N) is 2. The van der Waals surface area contributed by atoms with Gasteiger partial charge in [-0.3, -0.25) is 4.79 Å². The van der Waals surface area contributed by atoms with E-state index in [2.05, 4.69) is 9.97 Å². The molecule has 0 saturated carbocycles. The number of para-hydroxylation sites is 2. The molecule has 11 heteroatoms. The molecule has 0 aliphatic carbocycles. The summed E-state index contributed by atoms with van der Waals surface area (Å²) in [6.45, 7) is 0.0345. The first-order valence-corrected chi connectivity index (χ1v) is 11.8. The van der Waals surface area contributed by atoms with Crippen LogP contribution in [0.5, 0.6) is 11.5 Å². The third-order valence-electron chi connectivity index (χ3n) is 4.02. The van der Waals surface area contributed by atoms with Crippen molar-refractivity contribution >= 4 is 29.0 Å². The van der Waals surface area contributed by atoms with Crippen molar-refractivity contribution in [1.29, 1.82) is 0 Å². The van der Waals surface area contributed by atoms with Gasteiger partial charge < -0.3 is 14.6 Å². The van der Waals surface area contributed by atoms with Crippen molar-refractivity contribution < 1.29 is 41.9 Å². The van der Waals surface area contributed by atoms with Crippen molar-refractivity contribution in [3.8, 4) is 32.6 Å². The predicted octanol–water partition coefficient (Wildman–Crippen LogP) is 4.70. The third kappa shape index (κ3) is 7.55. The molecule has 0 atom stereocenters. The number of hydrogen-bond acceptors (Lipinski definition) is 10. The van der Waals surface area contributed by atoms with Crippen LogP contribution in [0.1, 0.15) is 14.5 Å². The van der Waals surface area contributed by atoms with Crippen LogP contribution < -0.4 is 9.47 Å². The van der Waals surface area contributed by atoms with Crippen LogP contribution in [0.3, 0.4) is 0 Å². The number of carbonyl (C=O) groups excluding carboxylic acids is 1. The predicted molar refractivity (Wildman–Crippen MR) is 121 cm³/mol. The molecule has 173 valence electrons. The number of benzene rings is 2. The molecule has 0 radical (unpaired) electrons. The van der Waals surface area contributed by atoms with Crippen molar-refractivity contribution in [2.75, 3.05) is 14.2 Å². The number of rotatable bonds is 6. The van der Waals surface area contributed by atoms with Gasteiger partial charge in [-0.15, -0.1) is 22.7 Å². The van der Waals surface area contributed by atoms with Gasteiger partial charge in [0.15, 0.2) is 6.29 Å². The van der Waals surface area contributed by atoms with E-state index in [0.29, 0.717) is 4.88 Å². The zero-order chi connectivity index (χ0) is 24.1. The van der Waals surface area contributed by atoms with E-state index in [0.717, 1.165) is 43.8 Å². The summed E-state index contributed by atoms with van der Waals surface area (Å²) in [6.07, 6.45) is 4.06. The number of aliphatic hydroxyl groups excluding tert-OH is 1. The van der Waals surface area contributed by atoms with Gasteiger partial charge in [0.25, 0.3) is 0 Å². The Hall–Kier alpha value is -2.95. The SMILES string of the molecule is COc1ccccc1-c1ncc(C=O)s1.COc1ccccc1-c1ncc(CO)s1.[O]=[Mn]=[O]. The summed E-state index contributed by atoms with van der Waals surface area (Å²) in [7, 11) is 3.26. The van der Waals surface area contributed by atoms with Crippen LogP contribution in [-0.4, -0.2) is 35.6 Å². The summed E-state index contributed by atoms with van der Waals surface area (Å²) in [5, 5.41) is 10.6. The molecular weight excluding hydrogens is 507 g/mol. The van der Waals surface area contributed by atoms with Crippen LogP contribution in [0, 0.1) is 0 Å². The average molecular weight is 527 g/mol. The van der Waals surface area contributed by atoms with Crippen LogP contribution in [0.4, 0.5) is 0 Å². The number of aromatic nitrogens is 2. The Morgan fingerprint density at radius 2 is 1.36 bits per heavy atom. The fourth-order valence-corrected chi connectivity index (χ4v) is 4.18. The molecule has 0 aliphatic heterocycles. The minimum atomic E-state index is -1.44. The van der Waals surface area contributed by atoms with Gasteiger partial charge in [-0.2, -0.15) is 0 Å². The molecule has 33 heavy (non-hydrogen) atoms. The van der Waals surface area contributed by atoms with Crippen LogP contribution in [0.2, 0.25) is 0 Å². The molecule has 0 bridgehead atoms. The topological polar surface area (TPSA) is 116 Å². The van der Waals surface area contributed by atoms with E-state index in [1.165, 1.54) is 22.7 Å². The maximum atomic E-state index is 10.5. The van der Waals surface area contributed by atoms with Gasteiger partial charge in [-0.05, 0) is 24.3 Å². The quantitative estimate of drug-likeness (QED) is 0.283. The first-order valence-electron chi connectivity index (χ1n) is 9.24. The van der Waals surface area contributed by atoms with Crippen LogP contribution in [0.15, 0.2) is 60.9 Å². The number of hydrogen-bond donors (Lipinski definition) is 1. The standard InChI is InChI=1S/C11H11NO2S.C11H9NO2S.Mn.2O/c2*1-14-10-5-3-2-4-9(10)11-12-6-8(7-13)15-11;;;/h2-6,13H,7H2,1H3;2-7H,1H3;;;. The fraction of sp³-hybridized carbons (Fsp3) is 0.136. The molecule has 2 aromatic carbocycles. The van der Waals surface area contributed by atoms with E-state index in [1.807, 2.05) is 48.5 Å². The van der Waals surface area contributed by atoms with Crippen LogP contribution >= 0.6 is 22.7 Å². The fourth-order valence-electron chi connectivity index (χ4n) is 2.61. The average Bonchev–Trinajstić information content (AvgIpc) is 3.54. The second kappa shape index (κ2) is 14.2. The second-order valence-electron chi connectivity index (χ2n) is 5.94. The third-order valence-corrected chi connectivity index (χ3v) is 6.00. The van der Waals surface area contributed by atoms with Crippen molar-refractivity contribution in [3.63, 3.8) is 0 Å². The van der Waals surface area contributed by atoms with Crippen molar-refractivity contribution in [2.24, 2.45) is 0 Å². The van der Waals surface area contributed by atoms with Gasteiger partial charge in [0, 0.05) is 12.4 Å². The Morgan fingerprint density at radius 1 is 0.879 bits per heavy atom. The molecule has 0 spiro atoms. The van der Waals surface area contributed by atoms with Gasteiger partial charge in [0.05, 0.1) is 41.7 Å². The van der Waals surface area contributed by atoms with Gasteiger partial charge in [-0.25, -0.2) is 9.97 Å². The van der Waals surface area contributed by atoms with Crippen LogP contribution in [0.25, 0.3) is 21.1 Å². The normalized spacial score (nSPS) is 9.55. The molecule has 4 rings (SSSR count). The molecule has 0 saturated heterocycles. The number of methoxy groups -OCH3 is 2. The maximum absolute atomic E-state index is 10.5.